The highest BCUT2D eigenvalue weighted by molar-refractivity contribution is 7.80. The highest BCUT2D eigenvalue weighted by atomic mass is 32.1. The summed E-state index contributed by atoms with van der Waals surface area (Å²) in [6.07, 6.45) is 6.37. The molecule has 1 aliphatic carbocycles. The lowest BCUT2D eigenvalue weighted by atomic mass is 9.86. The van der Waals surface area contributed by atoms with Crippen molar-refractivity contribution in [2.24, 2.45) is 11.0 Å². The van der Waals surface area contributed by atoms with Gasteiger partial charge >= 0.3 is 0 Å². The van der Waals surface area contributed by atoms with Crippen LogP contribution in [0.5, 0.6) is 0 Å². The van der Waals surface area contributed by atoms with Crippen molar-refractivity contribution in [3.8, 4) is 0 Å². The van der Waals surface area contributed by atoms with Gasteiger partial charge in [-0.25, -0.2) is 0 Å². The zero-order chi connectivity index (χ0) is 15.9. The number of nitrogens with one attached hydrogen (secondary N) is 2. The molecule has 1 fully saturated rings. The van der Waals surface area contributed by atoms with E-state index in [4.69, 9.17) is 12.2 Å². The molecule has 118 valence electrons. The van der Waals surface area contributed by atoms with Gasteiger partial charge in [0.05, 0.1) is 11.1 Å². The second-order valence-corrected chi connectivity index (χ2v) is 5.97. The molecule has 0 amide bonds. The van der Waals surface area contributed by atoms with E-state index in [1.165, 1.54) is 37.6 Å². The molecule has 0 unspecified atom stereocenters. The van der Waals surface area contributed by atoms with E-state index in [1.807, 2.05) is 0 Å². The van der Waals surface area contributed by atoms with Crippen LogP contribution in [0, 0.1) is 16.0 Å². The fourth-order valence-electron chi connectivity index (χ4n) is 2.62. The van der Waals surface area contributed by atoms with Crippen molar-refractivity contribution < 1.29 is 4.92 Å². The molecular weight excluding hydrogens is 300 g/mol. The molecule has 6 nitrogen and oxygen atoms in total. The maximum absolute atomic E-state index is 10.7. The van der Waals surface area contributed by atoms with Crippen molar-refractivity contribution in [3.05, 3.63) is 39.9 Å². The third kappa shape index (κ3) is 4.77. The van der Waals surface area contributed by atoms with Crippen molar-refractivity contribution >= 4 is 29.2 Å². The summed E-state index contributed by atoms with van der Waals surface area (Å²) in [5.41, 5.74) is 3.46. The third-order valence-corrected chi connectivity index (χ3v) is 4.10. The number of benzene rings is 1. The van der Waals surface area contributed by atoms with Gasteiger partial charge in [-0.1, -0.05) is 31.9 Å². The minimum atomic E-state index is -0.429. The lowest BCUT2D eigenvalue weighted by molar-refractivity contribution is -0.384. The van der Waals surface area contributed by atoms with Gasteiger partial charge in [0.25, 0.3) is 5.69 Å². The number of nitro benzene ring substituents is 1. The van der Waals surface area contributed by atoms with Crippen LogP contribution in [0.25, 0.3) is 0 Å². The second-order valence-electron chi connectivity index (χ2n) is 5.56. The monoisotopic (exact) mass is 320 g/mol. The number of hydrazone groups is 1. The Morgan fingerprint density at radius 3 is 2.95 bits per heavy atom. The van der Waals surface area contributed by atoms with Crippen molar-refractivity contribution in [3.63, 3.8) is 0 Å². The molecule has 1 saturated carbocycles. The van der Waals surface area contributed by atoms with Gasteiger partial charge < -0.3 is 5.32 Å². The maximum atomic E-state index is 10.7. The summed E-state index contributed by atoms with van der Waals surface area (Å²) in [5, 5.41) is 18.5. The van der Waals surface area contributed by atoms with Gasteiger partial charge in [-0.2, -0.15) is 5.10 Å². The molecule has 0 aliphatic heterocycles. The molecule has 0 aromatic heterocycles. The van der Waals surface area contributed by atoms with Crippen LogP contribution in [0.3, 0.4) is 0 Å². The van der Waals surface area contributed by atoms with Crippen LogP contribution in [0.2, 0.25) is 0 Å². The largest absolute Gasteiger partial charge is 0.358 e. The first kappa shape index (κ1) is 16.4. The third-order valence-electron chi connectivity index (χ3n) is 3.89. The highest BCUT2D eigenvalue weighted by Crippen LogP contribution is 2.23. The number of hydrogen-bond donors (Lipinski definition) is 2. The molecule has 22 heavy (non-hydrogen) atoms. The molecule has 0 heterocycles. The lowest BCUT2D eigenvalue weighted by Gasteiger charge is -2.30. The fourth-order valence-corrected chi connectivity index (χ4v) is 2.82. The Morgan fingerprint density at radius 2 is 2.23 bits per heavy atom. The Kier molecular flexibility index (Phi) is 5.83. The minimum absolute atomic E-state index is 0.0423. The van der Waals surface area contributed by atoms with E-state index < -0.39 is 4.92 Å². The highest BCUT2D eigenvalue weighted by Gasteiger charge is 2.21. The Hall–Kier alpha value is -2.02. The van der Waals surface area contributed by atoms with E-state index >= 15 is 0 Å². The van der Waals surface area contributed by atoms with E-state index in [1.54, 1.807) is 12.1 Å². The molecule has 2 rings (SSSR count). The van der Waals surface area contributed by atoms with Crippen LogP contribution >= 0.6 is 12.2 Å². The molecular formula is C15H20N4O2S. The van der Waals surface area contributed by atoms with E-state index in [2.05, 4.69) is 22.8 Å². The average Bonchev–Trinajstić information content (AvgIpc) is 2.50. The molecule has 1 aromatic rings. The van der Waals surface area contributed by atoms with Crippen LogP contribution in [-0.2, 0) is 0 Å². The number of rotatable bonds is 4. The first-order chi connectivity index (χ1) is 10.6. The van der Waals surface area contributed by atoms with Crippen LogP contribution in [0.1, 0.15) is 38.2 Å². The summed E-state index contributed by atoms with van der Waals surface area (Å²) >= 11 is 5.23. The maximum Gasteiger partial charge on any atom is 0.270 e. The van der Waals surface area contributed by atoms with Gasteiger partial charge in [-0.15, -0.1) is 0 Å². The number of thiocarbonyl (C=S) groups is 1. The molecule has 7 heteroatoms. The number of non-ortho nitro benzene ring substituents is 1. The first-order valence-electron chi connectivity index (χ1n) is 7.40. The Bertz CT molecular complexity index is 576. The zero-order valence-corrected chi connectivity index (χ0v) is 13.3. The average molecular weight is 320 g/mol. The predicted octanol–water partition coefficient (Wildman–Crippen LogP) is 2.97. The van der Waals surface area contributed by atoms with Gasteiger partial charge in [0.2, 0.25) is 0 Å². The smallest absolute Gasteiger partial charge is 0.270 e. The van der Waals surface area contributed by atoms with Crippen molar-refractivity contribution in [2.75, 3.05) is 0 Å². The first-order valence-corrected chi connectivity index (χ1v) is 7.81. The summed E-state index contributed by atoms with van der Waals surface area (Å²) in [5.74, 6) is 0.606. The quantitative estimate of drug-likeness (QED) is 0.386. The second kappa shape index (κ2) is 7.84. The normalized spacial score (nSPS) is 21.5. The predicted molar refractivity (Wildman–Crippen MR) is 91.0 cm³/mol. The van der Waals surface area contributed by atoms with E-state index in [-0.39, 0.29) is 5.69 Å². The molecule has 0 radical (unpaired) electrons. The van der Waals surface area contributed by atoms with Gasteiger partial charge in [0.15, 0.2) is 5.11 Å². The summed E-state index contributed by atoms with van der Waals surface area (Å²) in [4.78, 5) is 10.3. The van der Waals surface area contributed by atoms with Crippen molar-refractivity contribution in [1.82, 2.24) is 10.7 Å². The fraction of sp³-hybridized carbons (Fsp3) is 0.467. The standard InChI is InChI=1S/C15H20N4O2S/c1-11-5-2-3-8-14(11)17-15(22)18-16-10-12-6-4-7-13(9-12)19(20)21/h4,6-7,9-11,14H,2-3,5,8H2,1H3,(H2,17,18,22)/b16-10-/t11-,14+/m0/s1. The Balaban J connectivity index is 1.85. The topological polar surface area (TPSA) is 79.6 Å². The van der Waals surface area contributed by atoms with Crippen LogP contribution in [0.15, 0.2) is 29.4 Å². The zero-order valence-electron chi connectivity index (χ0n) is 12.5. The lowest BCUT2D eigenvalue weighted by Crippen LogP contribution is -2.44. The van der Waals surface area contributed by atoms with Crippen molar-refractivity contribution in [2.45, 2.75) is 38.6 Å². The summed E-state index contributed by atoms with van der Waals surface area (Å²) in [7, 11) is 0. The number of nitro groups is 1. The molecule has 0 spiro atoms. The van der Waals surface area contributed by atoms with Crippen LogP contribution in [-0.4, -0.2) is 22.3 Å². The molecule has 1 aromatic carbocycles. The minimum Gasteiger partial charge on any atom is -0.358 e. The molecule has 0 bridgehead atoms. The van der Waals surface area contributed by atoms with Gasteiger partial charge in [-0.3, -0.25) is 15.5 Å². The molecule has 0 saturated heterocycles. The van der Waals surface area contributed by atoms with E-state index in [0.29, 0.717) is 22.6 Å². The van der Waals surface area contributed by atoms with Crippen LogP contribution in [0.4, 0.5) is 5.69 Å². The summed E-state index contributed by atoms with van der Waals surface area (Å²) < 4.78 is 0. The van der Waals surface area contributed by atoms with Gasteiger partial charge in [0, 0.05) is 23.7 Å². The van der Waals surface area contributed by atoms with Crippen molar-refractivity contribution in [1.29, 1.82) is 0 Å². The molecule has 1 aliphatic rings. The van der Waals surface area contributed by atoms with Crippen LogP contribution < -0.4 is 10.7 Å². The Morgan fingerprint density at radius 1 is 1.45 bits per heavy atom. The van der Waals surface area contributed by atoms with E-state index in [9.17, 15) is 10.1 Å². The number of hydrogen-bond acceptors (Lipinski definition) is 4. The van der Waals surface area contributed by atoms with E-state index in [0.717, 1.165) is 6.42 Å². The molecule has 2 atom stereocenters. The number of nitrogens with zero attached hydrogens (tertiary/aromatic N) is 2. The summed E-state index contributed by atoms with van der Waals surface area (Å²) in [6, 6.07) is 6.67. The van der Waals surface area contributed by atoms with Gasteiger partial charge in [0.1, 0.15) is 0 Å². The molecule has 2 N–H and O–H groups in total. The SMILES string of the molecule is C[C@H]1CCCC[C@H]1NC(=S)N/N=C\c1cccc([N+](=O)[O-])c1. The van der Waals surface area contributed by atoms with Gasteiger partial charge in [-0.05, 0) is 31.0 Å². The summed E-state index contributed by atoms with van der Waals surface area (Å²) in [6.45, 7) is 2.23. The Labute approximate surface area is 135 Å².